The highest BCUT2D eigenvalue weighted by Gasteiger charge is 2.41. The summed E-state index contributed by atoms with van der Waals surface area (Å²) in [5.41, 5.74) is 5.48. The number of nitrogens with two attached hydrogens (primary N) is 1. The first-order valence-corrected chi connectivity index (χ1v) is 6.27. The Kier molecular flexibility index (Phi) is 5.73. The SMILES string of the molecule is COC(CC1CCC(CCN)CC1)C(F)(F)F. The largest absolute Gasteiger partial charge is 0.414 e. The molecule has 2 nitrogen and oxygen atoms in total. The molecule has 1 aliphatic carbocycles. The highest BCUT2D eigenvalue weighted by molar-refractivity contribution is 4.78. The Labute approximate surface area is 101 Å². The van der Waals surface area contributed by atoms with E-state index in [0.717, 1.165) is 39.2 Å². The van der Waals surface area contributed by atoms with E-state index < -0.39 is 12.3 Å². The van der Waals surface area contributed by atoms with Crippen molar-refractivity contribution in [3.05, 3.63) is 0 Å². The Balaban J connectivity index is 2.34. The second-order valence-electron chi connectivity index (χ2n) is 4.97. The van der Waals surface area contributed by atoms with Gasteiger partial charge in [-0.3, -0.25) is 0 Å². The van der Waals surface area contributed by atoms with Gasteiger partial charge in [0.25, 0.3) is 0 Å². The van der Waals surface area contributed by atoms with Gasteiger partial charge in [-0.2, -0.15) is 13.2 Å². The Morgan fingerprint density at radius 1 is 1.18 bits per heavy atom. The van der Waals surface area contributed by atoms with E-state index in [1.165, 1.54) is 0 Å². The van der Waals surface area contributed by atoms with Crippen LogP contribution in [-0.4, -0.2) is 25.9 Å². The summed E-state index contributed by atoms with van der Waals surface area (Å²) in [7, 11) is 1.14. The molecule has 2 N–H and O–H groups in total. The molecular formula is C12H22F3NO. The topological polar surface area (TPSA) is 35.2 Å². The van der Waals surface area contributed by atoms with Crippen molar-refractivity contribution in [1.82, 2.24) is 0 Å². The zero-order valence-corrected chi connectivity index (χ0v) is 10.3. The average molecular weight is 253 g/mol. The smallest absolute Gasteiger partial charge is 0.372 e. The molecule has 1 unspecified atom stereocenters. The van der Waals surface area contributed by atoms with Crippen molar-refractivity contribution in [2.45, 2.75) is 50.8 Å². The minimum Gasteiger partial charge on any atom is -0.372 e. The first kappa shape index (κ1) is 14.8. The van der Waals surface area contributed by atoms with Gasteiger partial charge >= 0.3 is 6.18 Å². The van der Waals surface area contributed by atoms with Crippen LogP contribution >= 0.6 is 0 Å². The third kappa shape index (κ3) is 4.84. The number of rotatable bonds is 5. The molecule has 0 heterocycles. The van der Waals surface area contributed by atoms with E-state index in [1.807, 2.05) is 0 Å². The normalized spacial score (nSPS) is 28.1. The van der Waals surface area contributed by atoms with E-state index in [1.54, 1.807) is 0 Å². The van der Waals surface area contributed by atoms with Gasteiger partial charge in [0.05, 0.1) is 0 Å². The van der Waals surface area contributed by atoms with Gasteiger partial charge in [-0.15, -0.1) is 0 Å². The number of halogens is 3. The minimum atomic E-state index is -4.23. The minimum absolute atomic E-state index is 0.106. The second-order valence-corrected chi connectivity index (χ2v) is 4.97. The van der Waals surface area contributed by atoms with Crippen molar-refractivity contribution in [3.63, 3.8) is 0 Å². The average Bonchev–Trinajstić information content (AvgIpc) is 2.27. The van der Waals surface area contributed by atoms with Gasteiger partial charge < -0.3 is 10.5 Å². The summed E-state index contributed by atoms with van der Waals surface area (Å²) in [5.74, 6) is 0.763. The van der Waals surface area contributed by atoms with Crippen molar-refractivity contribution in [1.29, 1.82) is 0 Å². The van der Waals surface area contributed by atoms with E-state index in [0.29, 0.717) is 12.5 Å². The predicted molar refractivity (Wildman–Crippen MR) is 60.6 cm³/mol. The fourth-order valence-electron chi connectivity index (χ4n) is 2.66. The van der Waals surface area contributed by atoms with Crippen LogP contribution in [0.3, 0.4) is 0 Å². The molecule has 0 aromatic carbocycles. The number of hydrogen-bond donors (Lipinski definition) is 1. The summed E-state index contributed by atoms with van der Waals surface area (Å²) in [6.07, 6.45) is -0.954. The van der Waals surface area contributed by atoms with Gasteiger partial charge in [0, 0.05) is 7.11 Å². The van der Waals surface area contributed by atoms with E-state index >= 15 is 0 Å². The predicted octanol–water partition coefficient (Wildman–Crippen LogP) is 3.11. The summed E-state index contributed by atoms with van der Waals surface area (Å²) in [6.45, 7) is 0.679. The molecule has 1 aliphatic rings. The second kappa shape index (κ2) is 6.59. The van der Waals surface area contributed by atoms with Crippen LogP contribution in [0.15, 0.2) is 0 Å². The lowest BCUT2D eigenvalue weighted by atomic mass is 9.78. The number of methoxy groups -OCH3 is 1. The van der Waals surface area contributed by atoms with Crippen LogP contribution < -0.4 is 5.73 Å². The zero-order chi connectivity index (χ0) is 12.9. The molecule has 0 saturated heterocycles. The molecule has 0 aromatic rings. The van der Waals surface area contributed by atoms with E-state index in [4.69, 9.17) is 5.73 Å². The summed E-state index contributed by atoms with van der Waals surface area (Å²) in [5, 5.41) is 0. The molecule has 0 aromatic heterocycles. The van der Waals surface area contributed by atoms with Crippen LogP contribution in [0.4, 0.5) is 13.2 Å². The van der Waals surface area contributed by atoms with Gasteiger partial charge in [0.2, 0.25) is 0 Å². The third-order valence-electron chi connectivity index (χ3n) is 3.74. The first-order chi connectivity index (χ1) is 7.97. The highest BCUT2D eigenvalue weighted by Crippen LogP contribution is 2.36. The van der Waals surface area contributed by atoms with Crippen molar-refractivity contribution in [3.8, 4) is 0 Å². The standard InChI is InChI=1S/C12H22F3NO/c1-17-11(12(13,14)15)8-10-4-2-9(3-5-10)6-7-16/h9-11H,2-8,16H2,1H3. The van der Waals surface area contributed by atoms with Gasteiger partial charge in [-0.1, -0.05) is 25.7 Å². The first-order valence-electron chi connectivity index (χ1n) is 6.27. The fraction of sp³-hybridized carbons (Fsp3) is 1.00. The summed E-state index contributed by atoms with van der Waals surface area (Å²) in [6, 6.07) is 0. The highest BCUT2D eigenvalue weighted by atomic mass is 19.4. The van der Waals surface area contributed by atoms with Crippen LogP contribution in [0.1, 0.15) is 38.5 Å². The monoisotopic (exact) mass is 253 g/mol. The van der Waals surface area contributed by atoms with Crippen LogP contribution in [0.2, 0.25) is 0 Å². The van der Waals surface area contributed by atoms with Gasteiger partial charge in [-0.05, 0) is 31.2 Å². The molecule has 1 rings (SSSR count). The van der Waals surface area contributed by atoms with Gasteiger partial charge in [0.1, 0.15) is 0 Å². The van der Waals surface area contributed by atoms with Crippen molar-refractivity contribution < 1.29 is 17.9 Å². The Hall–Kier alpha value is -0.290. The van der Waals surface area contributed by atoms with Crippen molar-refractivity contribution in [2.75, 3.05) is 13.7 Å². The fourth-order valence-corrected chi connectivity index (χ4v) is 2.66. The maximum atomic E-state index is 12.5. The van der Waals surface area contributed by atoms with Crippen LogP contribution in [-0.2, 0) is 4.74 Å². The molecule has 1 saturated carbocycles. The maximum absolute atomic E-state index is 12.5. The molecule has 1 atom stereocenters. The summed E-state index contributed by atoms with van der Waals surface area (Å²) in [4.78, 5) is 0. The Bertz CT molecular complexity index is 212. The zero-order valence-electron chi connectivity index (χ0n) is 10.3. The lowest BCUT2D eigenvalue weighted by Crippen LogP contribution is -2.33. The molecule has 0 radical (unpaired) electrons. The molecule has 0 amide bonds. The third-order valence-corrected chi connectivity index (χ3v) is 3.74. The molecule has 5 heteroatoms. The van der Waals surface area contributed by atoms with Gasteiger partial charge in [-0.25, -0.2) is 0 Å². The van der Waals surface area contributed by atoms with Crippen molar-refractivity contribution >= 4 is 0 Å². The summed E-state index contributed by atoms with van der Waals surface area (Å²) < 4.78 is 42.1. The Morgan fingerprint density at radius 2 is 1.71 bits per heavy atom. The lowest BCUT2D eigenvalue weighted by molar-refractivity contribution is -0.218. The molecule has 0 bridgehead atoms. The van der Waals surface area contributed by atoms with Crippen LogP contribution in [0.5, 0.6) is 0 Å². The van der Waals surface area contributed by atoms with Crippen molar-refractivity contribution in [2.24, 2.45) is 17.6 Å². The van der Waals surface area contributed by atoms with E-state index in [2.05, 4.69) is 4.74 Å². The molecule has 0 aliphatic heterocycles. The molecular weight excluding hydrogens is 231 g/mol. The van der Waals surface area contributed by atoms with E-state index in [-0.39, 0.29) is 12.3 Å². The molecule has 102 valence electrons. The molecule has 1 fully saturated rings. The summed E-state index contributed by atoms with van der Waals surface area (Å²) >= 11 is 0. The van der Waals surface area contributed by atoms with E-state index in [9.17, 15) is 13.2 Å². The lowest BCUT2D eigenvalue weighted by Gasteiger charge is -2.31. The number of hydrogen-bond acceptors (Lipinski definition) is 2. The van der Waals surface area contributed by atoms with Crippen LogP contribution in [0.25, 0.3) is 0 Å². The van der Waals surface area contributed by atoms with Gasteiger partial charge in [0.15, 0.2) is 6.10 Å². The number of alkyl halides is 3. The quantitative estimate of drug-likeness (QED) is 0.817. The molecule has 0 spiro atoms. The number of ether oxygens (including phenoxy) is 1. The molecule has 17 heavy (non-hydrogen) atoms. The Morgan fingerprint density at radius 3 is 2.12 bits per heavy atom. The maximum Gasteiger partial charge on any atom is 0.414 e. The van der Waals surface area contributed by atoms with Crippen LogP contribution in [0, 0.1) is 11.8 Å².